The van der Waals surface area contributed by atoms with Crippen molar-refractivity contribution in [2.24, 2.45) is 5.92 Å². The molecule has 5 rings (SSSR count). The number of carbonyl (C=O) groups is 4. The van der Waals surface area contributed by atoms with Crippen LogP contribution in [0.4, 0.5) is 0 Å². The lowest BCUT2D eigenvalue weighted by Crippen LogP contribution is -2.74. The minimum absolute atomic E-state index is 0.185. The highest BCUT2D eigenvalue weighted by Crippen LogP contribution is 2.64. The van der Waals surface area contributed by atoms with Gasteiger partial charge in [0.15, 0.2) is 18.0 Å². The number of likely N-dealkylation sites (N-methyl/N-ethyl adjacent to an activating group) is 1. The second kappa shape index (κ2) is 9.97. The Hall–Kier alpha value is -3.28. The number of benzene rings is 1. The molecule has 1 aromatic carbocycles. The van der Waals surface area contributed by atoms with Gasteiger partial charge in [-0.3, -0.25) is 14.4 Å². The number of aliphatic hydroxyl groups is 2. The van der Waals surface area contributed by atoms with Crippen molar-refractivity contribution in [3.8, 4) is 5.75 Å². The molecule has 2 aliphatic heterocycles. The Bertz CT molecular complexity index is 1310. The zero-order valence-electron chi connectivity index (χ0n) is 23.3. The lowest BCUT2D eigenvalue weighted by atomic mass is 9.50. The van der Waals surface area contributed by atoms with Crippen molar-refractivity contribution in [3.05, 3.63) is 40.7 Å². The van der Waals surface area contributed by atoms with Crippen molar-refractivity contribution in [3.63, 3.8) is 0 Å². The van der Waals surface area contributed by atoms with Crippen molar-refractivity contribution in [1.82, 2.24) is 4.90 Å². The molecule has 2 aliphatic carbocycles. The number of rotatable bonds is 8. The van der Waals surface area contributed by atoms with Crippen molar-refractivity contribution < 1.29 is 48.3 Å². The number of nitrogens with zero attached hydrogens (tertiary/aromatic N) is 1. The number of hydrogen-bond acceptors (Lipinski definition) is 11. The van der Waals surface area contributed by atoms with Crippen molar-refractivity contribution in [2.45, 2.75) is 88.9 Å². The number of ether oxygens (including phenoxy) is 4. The normalized spacial score (nSPS) is 30.1. The molecule has 11 heteroatoms. The van der Waals surface area contributed by atoms with E-state index in [1.165, 1.54) is 20.8 Å². The molecule has 0 aromatic heterocycles. The molecular weight excluding hydrogens is 522 g/mol. The van der Waals surface area contributed by atoms with Crippen LogP contribution in [0.25, 0.3) is 0 Å². The molecular formula is C29H35NO10. The predicted octanol–water partition coefficient (Wildman–Crippen LogP) is 1.09. The van der Waals surface area contributed by atoms with Crippen LogP contribution in [0.3, 0.4) is 0 Å². The summed E-state index contributed by atoms with van der Waals surface area (Å²) in [6, 6.07) is 3.59. The number of ketones is 1. The summed E-state index contributed by atoms with van der Waals surface area (Å²) in [5, 5.41) is 22.3. The third kappa shape index (κ3) is 4.05. The Morgan fingerprint density at radius 1 is 1.15 bits per heavy atom. The molecule has 0 saturated carbocycles. The van der Waals surface area contributed by atoms with Crippen LogP contribution >= 0.6 is 0 Å². The highest BCUT2D eigenvalue weighted by atomic mass is 16.6. The number of Topliss-reactive ketones (excluding diaryl/α,β-unsaturated/α-hetero) is 1. The summed E-state index contributed by atoms with van der Waals surface area (Å²) in [6.45, 7) is 5.51. The summed E-state index contributed by atoms with van der Waals surface area (Å²) in [5.74, 6) is -3.72. The summed E-state index contributed by atoms with van der Waals surface area (Å²) in [7, 11) is 1.98. The second-order valence-electron chi connectivity index (χ2n) is 11.3. The van der Waals surface area contributed by atoms with E-state index in [4.69, 9.17) is 18.9 Å². The van der Waals surface area contributed by atoms with E-state index in [-0.39, 0.29) is 24.8 Å². The Labute approximate surface area is 232 Å². The van der Waals surface area contributed by atoms with Crippen LogP contribution in [0.15, 0.2) is 24.0 Å². The minimum Gasteiger partial charge on any atom is -0.481 e. The number of hydrogen-bond donors (Lipinski definition) is 2. The summed E-state index contributed by atoms with van der Waals surface area (Å²) >= 11 is 0. The number of piperidine rings is 1. The van der Waals surface area contributed by atoms with Gasteiger partial charge in [-0.2, -0.15) is 0 Å². The maximum atomic E-state index is 13.4. The average molecular weight is 558 g/mol. The maximum absolute atomic E-state index is 13.4. The standard InChI is InChI=1S/C29H35NO10/c1-14(23(38-17(4)33)27(35)37-16(3)15(2)32)26(34)39-20-8-9-29(36)21-12-18-6-7-19(13-31)24-22(18)28(29,25(20)40-24)10-11-30(21)5/h6-8,14,16,21,23,25,31,36H,9-13H2,1-5H3/t14-,16-,21+,23-,25-,28-,29+/m0/s1. The van der Waals surface area contributed by atoms with E-state index in [0.717, 1.165) is 18.1 Å². The Morgan fingerprint density at radius 3 is 2.52 bits per heavy atom. The third-order valence-electron chi connectivity index (χ3n) is 9.06. The molecule has 0 radical (unpaired) electrons. The van der Waals surface area contributed by atoms with E-state index in [1.54, 1.807) is 6.08 Å². The minimum atomic E-state index is -1.64. The van der Waals surface area contributed by atoms with Crippen LogP contribution in [0.5, 0.6) is 5.75 Å². The SMILES string of the molecule is CC(=O)O[C@H](C(=O)O[C@@H](C)C(C)=O)[C@H](C)C(=O)OC1=CC[C@@]2(O)[C@H]3Cc4ccc(CO)c5c4[C@@]2(CCN3C)[C@H]1O5. The van der Waals surface area contributed by atoms with Gasteiger partial charge in [0.25, 0.3) is 0 Å². The van der Waals surface area contributed by atoms with E-state index in [9.17, 15) is 29.4 Å². The van der Waals surface area contributed by atoms with Crippen LogP contribution in [0.1, 0.15) is 57.2 Å². The van der Waals surface area contributed by atoms with E-state index in [1.807, 2.05) is 19.2 Å². The Kier molecular flexibility index (Phi) is 7.04. The van der Waals surface area contributed by atoms with Gasteiger partial charge >= 0.3 is 17.9 Å². The first kappa shape index (κ1) is 28.3. The van der Waals surface area contributed by atoms with Crippen molar-refractivity contribution >= 4 is 23.7 Å². The molecule has 2 bridgehead atoms. The van der Waals surface area contributed by atoms with E-state index < -0.39 is 58.9 Å². The second-order valence-corrected chi connectivity index (χ2v) is 11.3. The summed E-state index contributed by atoms with van der Waals surface area (Å²) in [6.07, 6.45) is -0.579. The fraction of sp³-hybridized carbons (Fsp3) is 0.586. The predicted molar refractivity (Wildman–Crippen MR) is 138 cm³/mol. The van der Waals surface area contributed by atoms with Gasteiger partial charge in [-0.05, 0) is 58.8 Å². The van der Waals surface area contributed by atoms with E-state index in [0.29, 0.717) is 30.7 Å². The molecule has 0 amide bonds. The fourth-order valence-corrected chi connectivity index (χ4v) is 6.82. The number of esters is 3. The van der Waals surface area contributed by atoms with Crippen LogP contribution in [-0.2, 0) is 51.8 Å². The van der Waals surface area contributed by atoms with Crippen LogP contribution in [0.2, 0.25) is 0 Å². The highest BCUT2D eigenvalue weighted by molar-refractivity contribution is 5.88. The van der Waals surface area contributed by atoms with Crippen molar-refractivity contribution in [2.75, 3.05) is 13.6 Å². The zero-order valence-corrected chi connectivity index (χ0v) is 23.3. The molecule has 216 valence electrons. The van der Waals surface area contributed by atoms with Gasteiger partial charge in [0.2, 0.25) is 6.10 Å². The highest BCUT2D eigenvalue weighted by Gasteiger charge is 2.72. The van der Waals surface area contributed by atoms with Crippen molar-refractivity contribution in [1.29, 1.82) is 0 Å². The molecule has 1 saturated heterocycles. The average Bonchev–Trinajstić information content (AvgIpc) is 3.26. The smallest absolute Gasteiger partial charge is 0.349 e. The lowest BCUT2D eigenvalue weighted by molar-refractivity contribution is -0.181. The largest absolute Gasteiger partial charge is 0.481 e. The lowest BCUT2D eigenvalue weighted by Gasteiger charge is -2.61. The topological polar surface area (TPSA) is 149 Å². The van der Waals surface area contributed by atoms with Gasteiger partial charge in [0.05, 0.1) is 17.6 Å². The monoisotopic (exact) mass is 557 g/mol. The molecule has 0 unspecified atom stereocenters. The van der Waals surface area contributed by atoms with Gasteiger partial charge in [-0.15, -0.1) is 0 Å². The fourth-order valence-electron chi connectivity index (χ4n) is 6.82. The number of likely N-dealkylation sites (tertiary alicyclic amines) is 1. The first-order valence-electron chi connectivity index (χ1n) is 13.5. The van der Waals surface area contributed by atoms with Crippen LogP contribution in [0, 0.1) is 5.92 Å². The summed E-state index contributed by atoms with van der Waals surface area (Å²) in [4.78, 5) is 51.7. The molecule has 40 heavy (non-hydrogen) atoms. The van der Waals surface area contributed by atoms with Crippen LogP contribution in [-0.4, -0.2) is 82.4 Å². The van der Waals surface area contributed by atoms with Gasteiger partial charge in [0.1, 0.15) is 17.4 Å². The van der Waals surface area contributed by atoms with Gasteiger partial charge < -0.3 is 34.1 Å². The molecule has 2 heterocycles. The summed E-state index contributed by atoms with van der Waals surface area (Å²) < 4.78 is 22.5. The van der Waals surface area contributed by atoms with Gasteiger partial charge in [-0.1, -0.05) is 12.1 Å². The molecule has 1 fully saturated rings. The summed E-state index contributed by atoms with van der Waals surface area (Å²) in [5.41, 5.74) is 0.348. The maximum Gasteiger partial charge on any atom is 0.349 e. The van der Waals surface area contributed by atoms with Crippen LogP contribution < -0.4 is 4.74 Å². The first-order chi connectivity index (χ1) is 18.9. The first-order valence-corrected chi connectivity index (χ1v) is 13.5. The van der Waals surface area contributed by atoms with Gasteiger partial charge in [-0.25, -0.2) is 4.79 Å². The Balaban J connectivity index is 1.47. The molecule has 4 aliphatic rings. The van der Waals surface area contributed by atoms with Gasteiger partial charge in [0, 0.05) is 30.5 Å². The quantitative estimate of drug-likeness (QED) is 0.349. The molecule has 1 spiro atoms. The Morgan fingerprint density at radius 2 is 1.88 bits per heavy atom. The number of carbonyl (C=O) groups excluding carboxylic acids is 4. The van der Waals surface area contributed by atoms with E-state index in [2.05, 4.69) is 4.90 Å². The third-order valence-corrected chi connectivity index (χ3v) is 9.06. The zero-order chi connectivity index (χ0) is 29.1. The molecule has 1 aromatic rings. The van der Waals surface area contributed by atoms with E-state index >= 15 is 0 Å². The molecule has 2 N–H and O–H groups in total. The number of aliphatic hydroxyl groups excluding tert-OH is 1. The molecule has 11 nitrogen and oxygen atoms in total. The molecule has 7 atom stereocenters.